The van der Waals surface area contributed by atoms with Crippen LogP contribution in [0.5, 0.6) is 0 Å². The van der Waals surface area contributed by atoms with Gasteiger partial charge in [0.2, 0.25) is 0 Å². The molecule has 2 radical (unpaired) electrons. The summed E-state index contributed by atoms with van der Waals surface area (Å²) in [4.78, 5) is 0. The third-order valence-electron chi connectivity index (χ3n) is 12.9. The second kappa shape index (κ2) is 24.2. The Balaban J connectivity index is 0.000000197. The zero-order valence-electron chi connectivity index (χ0n) is 44.5. The fraction of sp³-hybridized carbons (Fsp3) is 0.323. The van der Waals surface area contributed by atoms with Crippen LogP contribution in [0.25, 0.3) is 54.9 Å². The van der Waals surface area contributed by atoms with E-state index in [0.717, 1.165) is 68.5 Å². The molecular weight excluding hydrogens is 1160 g/mol. The van der Waals surface area contributed by atoms with Crippen LogP contribution in [-0.2, 0) is 69.2 Å². The van der Waals surface area contributed by atoms with E-state index >= 15 is 0 Å². The van der Waals surface area contributed by atoms with Gasteiger partial charge in [-0.2, -0.15) is 94.3 Å². The minimum absolute atomic E-state index is 0.0700. The smallest absolute Gasteiger partial charge is 0.0920 e. The first-order chi connectivity index (χ1) is 36.0. The fourth-order valence-electron chi connectivity index (χ4n) is 9.66. The quantitative estimate of drug-likeness (QED) is 0.0884. The van der Waals surface area contributed by atoms with E-state index in [1.807, 2.05) is 96.1 Å². The predicted octanol–water partition coefficient (Wildman–Crippen LogP) is 20.0. The van der Waals surface area contributed by atoms with Gasteiger partial charge in [0.15, 0.2) is 0 Å². The maximum Gasteiger partial charge on any atom is 0.0920 e. The number of halogens is 14. The molecule has 0 N–H and O–H groups in total. The van der Waals surface area contributed by atoms with Crippen molar-refractivity contribution in [2.24, 2.45) is 11.8 Å². The monoisotopic (exact) mass is 1220 g/mol. The van der Waals surface area contributed by atoms with Crippen molar-refractivity contribution in [3.8, 4) is 33.4 Å². The van der Waals surface area contributed by atoms with Gasteiger partial charge < -0.3 is 0 Å². The summed E-state index contributed by atoms with van der Waals surface area (Å²) >= 11 is -0.826. The van der Waals surface area contributed by atoms with Crippen LogP contribution in [-0.4, -0.2) is 9.52 Å². The third-order valence-corrected chi connectivity index (χ3v) is 14.3. The van der Waals surface area contributed by atoms with Crippen molar-refractivity contribution in [1.82, 2.24) is 0 Å². The van der Waals surface area contributed by atoms with Crippen molar-refractivity contribution < 1.29 is 73.5 Å². The first-order valence-electron chi connectivity index (χ1n) is 24.9. The zero-order chi connectivity index (χ0) is 58.1. The fourth-order valence-corrected chi connectivity index (χ4v) is 11.0. The minimum atomic E-state index is -4.89. The normalized spacial score (nSPS) is 12.9. The van der Waals surface area contributed by atoms with Crippen molar-refractivity contribution in [2.75, 3.05) is 0 Å². The van der Waals surface area contributed by atoms with Crippen LogP contribution in [0.1, 0.15) is 114 Å². The summed E-state index contributed by atoms with van der Waals surface area (Å²) in [6.45, 7) is 19.6. The topological polar surface area (TPSA) is 0 Å². The Morgan fingerprint density at radius 2 is 0.846 bits per heavy atom. The molecule has 0 fully saturated rings. The molecule has 0 atom stereocenters. The van der Waals surface area contributed by atoms with E-state index in [1.54, 1.807) is 0 Å². The number of fused-ring (bicyclic) bond motifs is 5. The van der Waals surface area contributed by atoms with E-state index in [2.05, 4.69) is 70.2 Å². The van der Waals surface area contributed by atoms with Crippen LogP contribution >= 0.6 is 17.0 Å². The molecule has 0 unspecified atom stereocenters. The van der Waals surface area contributed by atoms with E-state index in [1.165, 1.54) is 21.5 Å². The number of hydrogen-bond acceptors (Lipinski definition) is 0. The van der Waals surface area contributed by atoms with Crippen LogP contribution in [0.2, 0.25) is 0 Å². The summed E-state index contributed by atoms with van der Waals surface area (Å²) in [5.41, 5.74) is 0.745. The van der Waals surface area contributed by atoms with Crippen LogP contribution in [0.15, 0.2) is 127 Å². The number of alkyl halides is 12. The van der Waals surface area contributed by atoms with Gasteiger partial charge in [-0.05, 0) is 83.0 Å². The maximum absolute atomic E-state index is 13.5. The SMILES string of the molecule is CC(C)Cc1cc2c(-c3cc(C(F)(F)F)cc(C(F)(F)F)c3)c(C(C)(C)C)ccc2[cH-]1.CC(C)Cc1cc2c(-c3cc(C(F)(F)F)cc(C(F)(F)F)c3)c(C(C)(C)C)ccc2[cH-]1.[Cl][Zr][Cl].[c-]1cccc2c1[Si]c1ccccc1-2. The summed E-state index contributed by atoms with van der Waals surface area (Å²) in [5, 5.41) is 5.80. The first-order valence-corrected chi connectivity index (χ1v) is 32.2. The van der Waals surface area contributed by atoms with Crippen molar-refractivity contribution in [2.45, 2.75) is 118 Å². The van der Waals surface area contributed by atoms with E-state index in [0.29, 0.717) is 44.9 Å². The molecule has 8 aromatic carbocycles. The molecule has 0 spiro atoms. The Hall–Kier alpha value is -4.62. The molecule has 0 aromatic heterocycles. The molecule has 78 heavy (non-hydrogen) atoms. The minimum Gasteiger partial charge on any atom is -0.184 e. The van der Waals surface area contributed by atoms with E-state index in [9.17, 15) is 52.7 Å². The molecule has 1 aliphatic rings. The van der Waals surface area contributed by atoms with Crippen LogP contribution < -0.4 is 10.4 Å². The molecule has 0 aliphatic carbocycles. The molecule has 0 bridgehead atoms. The van der Waals surface area contributed by atoms with Crippen LogP contribution in [0, 0.1) is 17.9 Å². The Kier molecular flexibility index (Phi) is 19.4. The Bertz CT molecular complexity index is 3070. The first kappa shape index (κ1) is 62.6. The maximum atomic E-state index is 13.5. The third kappa shape index (κ3) is 15.4. The van der Waals surface area contributed by atoms with Gasteiger partial charge >= 0.3 is 62.6 Å². The van der Waals surface area contributed by atoms with Gasteiger partial charge in [0.05, 0.1) is 31.8 Å². The largest absolute Gasteiger partial charge is 0.184 e. The molecule has 1 aliphatic heterocycles. The summed E-state index contributed by atoms with van der Waals surface area (Å²) in [6.07, 6.45) is -18.0. The molecule has 1 heterocycles. The van der Waals surface area contributed by atoms with Crippen LogP contribution in [0.3, 0.4) is 0 Å². The summed E-state index contributed by atoms with van der Waals surface area (Å²) in [7, 11) is 10.7. The molecule has 16 heteroatoms. The number of benzene rings is 6. The summed E-state index contributed by atoms with van der Waals surface area (Å²) < 4.78 is 162. The average Bonchev–Trinajstić information content (AvgIpc) is 4.04. The predicted molar refractivity (Wildman–Crippen MR) is 292 cm³/mol. The average molecular weight is 1220 g/mol. The molecule has 414 valence electrons. The van der Waals surface area contributed by atoms with Crippen molar-refractivity contribution in [3.05, 3.63) is 178 Å². The molecule has 0 amide bonds. The van der Waals surface area contributed by atoms with Gasteiger partial charge in [0.1, 0.15) is 0 Å². The molecule has 0 nitrogen and oxygen atoms in total. The van der Waals surface area contributed by atoms with E-state index < -0.39 is 78.6 Å². The van der Waals surface area contributed by atoms with E-state index in [-0.39, 0.29) is 23.3 Å². The van der Waals surface area contributed by atoms with Gasteiger partial charge in [0.25, 0.3) is 0 Å². The van der Waals surface area contributed by atoms with Crippen molar-refractivity contribution in [1.29, 1.82) is 0 Å². The van der Waals surface area contributed by atoms with Gasteiger partial charge in [-0.15, -0.1) is 74.6 Å². The Morgan fingerprint density at radius 1 is 0.487 bits per heavy atom. The van der Waals surface area contributed by atoms with Gasteiger partial charge in [-0.1, -0.05) is 127 Å². The summed E-state index contributed by atoms with van der Waals surface area (Å²) in [5.74, 6) is 0.737. The number of rotatable bonds is 6. The number of hydrogen-bond donors (Lipinski definition) is 0. The van der Waals surface area contributed by atoms with Crippen LogP contribution in [0.4, 0.5) is 52.7 Å². The standard InChI is InChI=1S/2C25H25F6.C12H7Si.2ClH.Zr/c2*1-14(2)8-15-9-16-6-7-21(23(3,4)5)22(20(16)10-15)17-11-18(24(26,27)28)13-19(12-17)25(29,30)31;1-3-7-11-9(5-1)10-6-2-4-8-12(10)13-11;;;/h2*6-7,9-14H,8H2,1-5H3;1-7H;2*1H;/q3*-1;;;+2/p-2. The van der Waals surface area contributed by atoms with Crippen molar-refractivity contribution >= 4 is 58.5 Å². The zero-order valence-corrected chi connectivity index (χ0v) is 49.5. The second-order valence-corrected chi connectivity index (χ2v) is 27.2. The van der Waals surface area contributed by atoms with E-state index in [4.69, 9.17) is 17.0 Å². The van der Waals surface area contributed by atoms with Gasteiger partial charge in [-0.3, -0.25) is 0 Å². The Labute approximate surface area is 469 Å². The van der Waals surface area contributed by atoms with Crippen molar-refractivity contribution in [3.63, 3.8) is 0 Å². The second-order valence-electron chi connectivity index (χ2n) is 22.2. The van der Waals surface area contributed by atoms with Gasteiger partial charge in [0, 0.05) is 0 Å². The molecule has 0 saturated heterocycles. The summed E-state index contributed by atoms with van der Waals surface area (Å²) in [6, 6.07) is 36.9. The molecular formula is C62H57Cl2F12SiZr-3. The molecule has 9 rings (SSSR count). The Morgan fingerprint density at radius 3 is 1.19 bits per heavy atom. The van der Waals surface area contributed by atoms with Gasteiger partial charge in [-0.25, -0.2) is 0 Å². The molecule has 8 aromatic rings. The molecule has 0 saturated carbocycles.